The van der Waals surface area contributed by atoms with Gasteiger partial charge in [0.25, 0.3) is 0 Å². The van der Waals surface area contributed by atoms with Gasteiger partial charge in [0.2, 0.25) is 0 Å². The summed E-state index contributed by atoms with van der Waals surface area (Å²) in [6, 6.07) is 0. The number of aliphatic hydroxyl groups is 1. The lowest BCUT2D eigenvalue weighted by Gasteiger charge is -2.40. The zero-order valence-corrected chi connectivity index (χ0v) is 10.7. The SMILES string of the molecule is CC1CCN(CC(N)(CO)C2CC2)CC1C. The fraction of sp³-hybridized carbons (Fsp3) is 1.00. The van der Waals surface area contributed by atoms with Gasteiger partial charge in [0, 0.05) is 13.1 Å². The molecule has 3 atom stereocenters. The van der Waals surface area contributed by atoms with Crippen molar-refractivity contribution in [2.75, 3.05) is 26.2 Å². The molecule has 0 aromatic rings. The first-order chi connectivity index (χ1) is 7.55. The molecule has 1 heterocycles. The van der Waals surface area contributed by atoms with E-state index in [-0.39, 0.29) is 12.1 Å². The predicted octanol–water partition coefficient (Wildman–Crippen LogP) is 1.06. The van der Waals surface area contributed by atoms with E-state index in [1.165, 1.54) is 19.3 Å². The van der Waals surface area contributed by atoms with Crippen LogP contribution in [0.5, 0.6) is 0 Å². The van der Waals surface area contributed by atoms with Gasteiger partial charge < -0.3 is 15.7 Å². The van der Waals surface area contributed by atoms with E-state index in [0.29, 0.717) is 5.92 Å². The molecule has 1 aliphatic carbocycles. The average Bonchev–Trinajstić information content (AvgIpc) is 3.07. The summed E-state index contributed by atoms with van der Waals surface area (Å²) in [4.78, 5) is 2.46. The van der Waals surface area contributed by atoms with Crippen molar-refractivity contribution in [3.8, 4) is 0 Å². The van der Waals surface area contributed by atoms with Crippen molar-refractivity contribution >= 4 is 0 Å². The number of piperidine rings is 1. The van der Waals surface area contributed by atoms with Crippen molar-refractivity contribution in [3.63, 3.8) is 0 Å². The molecular weight excluding hydrogens is 200 g/mol. The molecular formula is C13H26N2O. The molecule has 3 N–H and O–H groups in total. The summed E-state index contributed by atoms with van der Waals surface area (Å²) < 4.78 is 0. The smallest absolute Gasteiger partial charge is 0.0626 e. The highest BCUT2D eigenvalue weighted by atomic mass is 16.3. The van der Waals surface area contributed by atoms with Gasteiger partial charge in [-0.3, -0.25) is 0 Å². The fourth-order valence-electron chi connectivity index (χ4n) is 2.88. The Balaban J connectivity index is 1.88. The van der Waals surface area contributed by atoms with Crippen LogP contribution in [-0.2, 0) is 0 Å². The van der Waals surface area contributed by atoms with Gasteiger partial charge in [0.15, 0.2) is 0 Å². The molecule has 0 aromatic carbocycles. The summed E-state index contributed by atoms with van der Waals surface area (Å²) in [6.45, 7) is 7.98. The summed E-state index contributed by atoms with van der Waals surface area (Å²) >= 11 is 0. The van der Waals surface area contributed by atoms with E-state index in [2.05, 4.69) is 18.7 Å². The van der Waals surface area contributed by atoms with Gasteiger partial charge in [-0.15, -0.1) is 0 Å². The van der Waals surface area contributed by atoms with Gasteiger partial charge in [-0.05, 0) is 43.6 Å². The van der Waals surface area contributed by atoms with Gasteiger partial charge in [-0.1, -0.05) is 13.8 Å². The highest BCUT2D eigenvalue weighted by molar-refractivity contribution is 5.00. The molecule has 0 radical (unpaired) electrons. The second-order valence-corrected chi connectivity index (χ2v) is 6.14. The van der Waals surface area contributed by atoms with Crippen molar-refractivity contribution in [1.82, 2.24) is 4.90 Å². The Bertz CT molecular complexity index is 242. The van der Waals surface area contributed by atoms with Crippen LogP contribution in [0.3, 0.4) is 0 Å². The molecule has 1 aliphatic heterocycles. The molecule has 0 aromatic heterocycles. The lowest BCUT2D eigenvalue weighted by Crippen LogP contribution is -2.56. The highest BCUT2D eigenvalue weighted by Crippen LogP contribution is 2.39. The van der Waals surface area contributed by atoms with Gasteiger partial charge in [0.1, 0.15) is 0 Å². The van der Waals surface area contributed by atoms with E-state index in [0.717, 1.165) is 31.5 Å². The average molecular weight is 226 g/mol. The lowest BCUT2D eigenvalue weighted by atomic mass is 9.87. The number of rotatable bonds is 4. The van der Waals surface area contributed by atoms with Crippen molar-refractivity contribution in [2.24, 2.45) is 23.5 Å². The van der Waals surface area contributed by atoms with Gasteiger partial charge in [-0.25, -0.2) is 0 Å². The van der Waals surface area contributed by atoms with Crippen LogP contribution >= 0.6 is 0 Å². The molecule has 3 heteroatoms. The Morgan fingerprint density at radius 3 is 2.44 bits per heavy atom. The summed E-state index contributed by atoms with van der Waals surface area (Å²) in [6.07, 6.45) is 3.68. The predicted molar refractivity (Wildman–Crippen MR) is 66.1 cm³/mol. The Labute approximate surface area is 99.0 Å². The molecule has 2 fully saturated rings. The van der Waals surface area contributed by atoms with Crippen molar-refractivity contribution < 1.29 is 5.11 Å². The van der Waals surface area contributed by atoms with Crippen LogP contribution < -0.4 is 5.73 Å². The van der Waals surface area contributed by atoms with Gasteiger partial charge >= 0.3 is 0 Å². The largest absolute Gasteiger partial charge is 0.394 e. The number of nitrogens with two attached hydrogens (primary N) is 1. The second kappa shape index (κ2) is 4.63. The van der Waals surface area contributed by atoms with Crippen LogP contribution in [0.15, 0.2) is 0 Å². The fourth-order valence-corrected chi connectivity index (χ4v) is 2.88. The number of likely N-dealkylation sites (tertiary alicyclic amines) is 1. The standard InChI is InChI=1S/C13H26N2O/c1-10-5-6-15(7-11(10)2)8-13(14,9-16)12-3-4-12/h10-12,16H,3-9,14H2,1-2H3. The molecule has 0 amide bonds. The van der Waals surface area contributed by atoms with Crippen LogP contribution in [0, 0.1) is 17.8 Å². The summed E-state index contributed by atoms with van der Waals surface area (Å²) in [5, 5.41) is 9.49. The van der Waals surface area contributed by atoms with Crippen LogP contribution in [-0.4, -0.2) is 41.8 Å². The summed E-state index contributed by atoms with van der Waals surface area (Å²) in [5.74, 6) is 2.15. The minimum Gasteiger partial charge on any atom is -0.394 e. The molecule has 94 valence electrons. The normalized spacial score (nSPS) is 36.0. The minimum absolute atomic E-state index is 0.137. The lowest BCUT2D eigenvalue weighted by molar-refractivity contribution is 0.0771. The van der Waals surface area contributed by atoms with Crippen molar-refractivity contribution in [2.45, 2.75) is 38.6 Å². The maximum atomic E-state index is 9.49. The van der Waals surface area contributed by atoms with E-state index in [4.69, 9.17) is 5.73 Å². The summed E-state index contributed by atoms with van der Waals surface area (Å²) in [7, 11) is 0. The highest BCUT2D eigenvalue weighted by Gasteiger charge is 2.43. The molecule has 1 saturated carbocycles. The van der Waals surface area contributed by atoms with E-state index < -0.39 is 0 Å². The van der Waals surface area contributed by atoms with Crippen LogP contribution in [0.4, 0.5) is 0 Å². The molecule has 3 nitrogen and oxygen atoms in total. The maximum Gasteiger partial charge on any atom is 0.0626 e. The monoisotopic (exact) mass is 226 g/mol. The zero-order chi connectivity index (χ0) is 11.8. The van der Waals surface area contributed by atoms with Gasteiger partial charge in [-0.2, -0.15) is 0 Å². The quantitative estimate of drug-likeness (QED) is 0.754. The van der Waals surface area contributed by atoms with Crippen LogP contribution in [0.1, 0.15) is 33.1 Å². The zero-order valence-electron chi connectivity index (χ0n) is 10.7. The van der Waals surface area contributed by atoms with E-state index in [1.54, 1.807) is 0 Å². The number of nitrogens with zero attached hydrogens (tertiary/aromatic N) is 1. The third-order valence-corrected chi connectivity index (χ3v) is 4.62. The Kier molecular flexibility index (Phi) is 3.57. The van der Waals surface area contributed by atoms with Crippen LogP contribution in [0.2, 0.25) is 0 Å². The Hall–Kier alpha value is -0.120. The van der Waals surface area contributed by atoms with Crippen molar-refractivity contribution in [1.29, 1.82) is 0 Å². The first kappa shape index (κ1) is 12.3. The minimum atomic E-state index is -0.333. The molecule has 16 heavy (non-hydrogen) atoms. The first-order valence-electron chi connectivity index (χ1n) is 6.67. The molecule has 2 aliphatic rings. The van der Waals surface area contributed by atoms with Crippen LogP contribution in [0.25, 0.3) is 0 Å². The van der Waals surface area contributed by atoms with E-state index >= 15 is 0 Å². The molecule has 0 spiro atoms. The number of hydrogen-bond acceptors (Lipinski definition) is 3. The van der Waals surface area contributed by atoms with Gasteiger partial charge in [0.05, 0.1) is 12.1 Å². The summed E-state index contributed by atoms with van der Waals surface area (Å²) in [5.41, 5.74) is 5.99. The van der Waals surface area contributed by atoms with E-state index in [9.17, 15) is 5.11 Å². The molecule has 2 rings (SSSR count). The number of hydrogen-bond donors (Lipinski definition) is 2. The third-order valence-electron chi connectivity index (χ3n) is 4.62. The first-order valence-corrected chi connectivity index (χ1v) is 6.67. The maximum absolute atomic E-state index is 9.49. The second-order valence-electron chi connectivity index (χ2n) is 6.14. The number of aliphatic hydroxyl groups excluding tert-OH is 1. The molecule has 1 saturated heterocycles. The van der Waals surface area contributed by atoms with Crippen molar-refractivity contribution in [3.05, 3.63) is 0 Å². The Morgan fingerprint density at radius 2 is 1.94 bits per heavy atom. The Morgan fingerprint density at radius 1 is 1.25 bits per heavy atom. The topological polar surface area (TPSA) is 49.5 Å². The molecule has 3 unspecified atom stereocenters. The third kappa shape index (κ3) is 2.58. The molecule has 0 bridgehead atoms. The van der Waals surface area contributed by atoms with E-state index in [1.807, 2.05) is 0 Å².